The van der Waals surface area contributed by atoms with Crippen molar-refractivity contribution in [3.8, 4) is 0 Å². The van der Waals surface area contributed by atoms with Gasteiger partial charge < -0.3 is 0 Å². The van der Waals surface area contributed by atoms with Gasteiger partial charge in [0.25, 0.3) is 0 Å². The molecule has 1 atom stereocenters. The predicted octanol–water partition coefficient (Wildman–Crippen LogP) is 3.40. The molecule has 2 aromatic carbocycles. The van der Waals surface area contributed by atoms with Gasteiger partial charge in [0.1, 0.15) is 0 Å². The van der Waals surface area contributed by atoms with Crippen molar-refractivity contribution in [3.05, 3.63) is 59.2 Å². The van der Waals surface area contributed by atoms with Crippen LogP contribution >= 0.6 is 0 Å². The van der Waals surface area contributed by atoms with Crippen LogP contribution in [0.1, 0.15) is 48.9 Å². The average molecular weight is 408 g/mol. The summed E-state index contributed by atoms with van der Waals surface area (Å²) >= 11 is 0. The van der Waals surface area contributed by atoms with Crippen molar-refractivity contribution in [3.63, 3.8) is 0 Å². The van der Waals surface area contributed by atoms with Gasteiger partial charge in [-0.15, -0.1) is 0 Å². The number of aryl methyl sites for hydroxylation is 2. The summed E-state index contributed by atoms with van der Waals surface area (Å²) in [7, 11) is -7.11. The van der Waals surface area contributed by atoms with E-state index in [9.17, 15) is 16.8 Å². The zero-order chi connectivity index (χ0) is 19.7. The Morgan fingerprint density at radius 1 is 0.889 bits per heavy atom. The Morgan fingerprint density at radius 2 is 1.48 bits per heavy atom. The minimum Gasteiger partial charge on any atom is -0.224 e. The molecule has 1 aliphatic carbocycles. The van der Waals surface area contributed by atoms with E-state index in [1.165, 1.54) is 48.2 Å². The number of hydrogen-bond donors (Lipinski definition) is 1. The van der Waals surface area contributed by atoms with E-state index in [4.69, 9.17) is 0 Å². The molecule has 1 aliphatic rings. The van der Waals surface area contributed by atoms with Gasteiger partial charge in [-0.05, 0) is 73.1 Å². The van der Waals surface area contributed by atoms with Gasteiger partial charge in [-0.3, -0.25) is 0 Å². The lowest BCUT2D eigenvalue weighted by Gasteiger charge is -2.21. The Balaban J connectivity index is 1.85. The third-order valence-electron chi connectivity index (χ3n) is 5.04. The number of sulfone groups is 1. The summed E-state index contributed by atoms with van der Waals surface area (Å²) in [5.41, 5.74) is 3.64. The van der Waals surface area contributed by atoms with Crippen LogP contribution in [0.5, 0.6) is 0 Å². The highest BCUT2D eigenvalue weighted by Crippen LogP contribution is 2.27. The van der Waals surface area contributed by atoms with Crippen molar-refractivity contribution < 1.29 is 16.8 Å². The third-order valence-corrected chi connectivity index (χ3v) is 7.66. The lowest BCUT2D eigenvalue weighted by Crippen LogP contribution is -2.28. The zero-order valence-corrected chi connectivity index (χ0v) is 17.2. The molecular formula is C20H25NO4S2. The van der Waals surface area contributed by atoms with E-state index in [2.05, 4.69) is 16.9 Å². The van der Waals surface area contributed by atoms with Crippen molar-refractivity contribution in [2.75, 3.05) is 6.26 Å². The van der Waals surface area contributed by atoms with Gasteiger partial charge in [0.2, 0.25) is 10.0 Å². The van der Waals surface area contributed by atoms with Gasteiger partial charge in [0.15, 0.2) is 9.84 Å². The van der Waals surface area contributed by atoms with Gasteiger partial charge in [0.05, 0.1) is 9.79 Å². The van der Waals surface area contributed by atoms with Crippen LogP contribution in [0.2, 0.25) is 0 Å². The van der Waals surface area contributed by atoms with E-state index in [-0.39, 0.29) is 15.8 Å². The number of sulfonamides is 1. The fourth-order valence-corrected chi connectivity index (χ4v) is 5.42. The largest absolute Gasteiger partial charge is 0.241 e. The first-order valence-electron chi connectivity index (χ1n) is 9.15. The van der Waals surface area contributed by atoms with Gasteiger partial charge in [0, 0.05) is 12.3 Å². The van der Waals surface area contributed by atoms with Crippen LogP contribution < -0.4 is 4.72 Å². The summed E-state index contributed by atoms with van der Waals surface area (Å²) in [5.74, 6) is 0. The van der Waals surface area contributed by atoms with E-state index in [1.54, 1.807) is 0 Å². The van der Waals surface area contributed by atoms with Crippen molar-refractivity contribution in [1.29, 1.82) is 0 Å². The molecule has 0 aromatic heterocycles. The molecule has 0 unspecified atom stereocenters. The molecule has 146 valence electrons. The molecule has 0 fully saturated rings. The van der Waals surface area contributed by atoms with Crippen LogP contribution in [-0.2, 0) is 32.7 Å². The van der Waals surface area contributed by atoms with E-state index in [1.807, 2.05) is 13.0 Å². The fourth-order valence-electron chi connectivity index (χ4n) is 3.48. The highest BCUT2D eigenvalue weighted by molar-refractivity contribution is 7.90. The minimum atomic E-state index is -3.75. The standard InChI is InChI=1S/C20H25NO4S2/c1-3-20(17-9-8-15-6-4-5-7-16(15)14-17)21-27(24,25)19-12-10-18(11-13-19)26(2,22)23/h8-14,20-21H,3-7H2,1-2H3/t20-/m0/s1. The second kappa shape index (κ2) is 7.73. The molecule has 0 spiro atoms. The Hall–Kier alpha value is -1.70. The maximum atomic E-state index is 12.8. The Morgan fingerprint density at radius 3 is 2.07 bits per heavy atom. The summed E-state index contributed by atoms with van der Waals surface area (Å²) < 4.78 is 51.4. The number of rotatable bonds is 6. The summed E-state index contributed by atoms with van der Waals surface area (Å²) in [5, 5.41) is 0. The Bertz CT molecular complexity index is 1030. The Labute approximate surface area is 161 Å². The molecule has 0 saturated carbocycles. The quantitative estimate of drug-likeness (QED) is 0.796. The second-order valence-corrected chi connectivity index (χ2v) is 10.8. The number of hydrogen-bond acceptors (Lipinski definition) is 4. The summed E-state index contributed by atoms with van der Waals surface area (Å²) in [4.78, 5) is 0.162. The smallest absolute Gasteiger partial charge is 0.224 e. The first-order chi connectivity index (χ1) is 12.7. The lowest BCUT2D eigenvalue weighted by molar-refractivity contribution is 0.549. The monoisotopic (exact) mass is 407 g/mol. The van der Waals surface area contributed by atoms with Gasteiger partial charge >= 0.3 is 0 Å². The van der Waals surface area contributed by atoms with Crippen LogP contribution in [0.25, 0.3) is 0 Å². The SMILES string of the molecule is CC[C@H](NS(=O)(=O)c1ccc(S(C)(=O)=O)cc1)c1ccc2c(c1)CCCC2. The molecule has 1 N–H and O–H groups in total. The van der Waals surface area contributed by atoms with Crippen LogP contribution in [0, 0.1) is 0 Å². The van der Waals surface area contributed by atoms with Crippen molar-refractivity contribution in [2.45, 2.75) is 54.9 Å². The molecule has 0 amide bonds. The molecular weight excluding hydrogens is 382 g/mol. The summed E-state index contributed by atoms with van der Waals surface area (Å²) in [6.45, 7) is 1.94. The van der Waals surface area contributed by atoms with Crippen LogP contribution in [0.15, 0.2) is 52.3 Å². The maximum Gasteiger partial charge on any atom is 0.241 e. The van der Waals surface area contributed by atoms with Crippen LogP contribution in [-0.4, -0.2) is 23.1 Å². The zero-order valence-electron chi connectivity index (χ0n) is 15.6. The molecule has 27 heavy (non-hydrogen) atoms. The molecule has 5 nitrogen and oxygen atoms in total. The summed E-state index contributed by atoms with van der Waals surface area (Å²) in [6.07, 6.45) is 6.23. The van der Waals surface area contributed by atoms with E-state index < -0.39 is 19.9 Å². The average Bonchev–Trinajstić information content (AvgIpc) is 2.65. The normalized spacial score (nSPS) is 15.9. The molecule has 0 radical (unpaired) electrons. The van der Waals surface area contributed by atoms with E-state index in [0.29, 0.717) is 6.42 Å². The first-order valence-corrected chi connectivity index (χ1v) is 12.5. The van der Waals surface area contributed by atoms with Gasteiger partial charge in [-0.2, -0.15) is 0 Å². The molecule has 0 heterocycles. The second-order valence-electron chi connectivity index (χ2n) is 7.06. The molecule has 0 aliphatic heterocycles. The predicted molar refractivity (Wildman–Crippen MR) is 106 cm³/mol. The lowest BCUT2D eigenvalue weighted by atomic mass is 9.89. The third kappa shape index (κ3) is 4.59. The van der Waals surface area contributed by atoms with Gasteiger partial charge in [-0.1, -0.05) is 25.1 Å². The fraction of sp³-hybridized carbons (Fsp3) is 0.400. The van der Waals surface area contributed by atoms with Crippen LogP contribution in [0.3, 0.4) is 0 Å². The number of fused-ring (bicyclic) bond motifs is 1. The van der Waals surface area contributed by atoms with E-state index in [0.717, 1.165) is 24.7 Å². The molecule has 7 heteroatoms. The highest BCUT2D eigenvalue weighted by Gasteiger charge is 2.22. The molecule has 3 rings (SSSR count). The van der Waals surface area contributed by atoms with Crippen molar-refractivity contribution in [1.82, 2.24) is 4.72 Å². The minimum absolute atomic E-state index is 0.0614. The summed E-state index contributed by atoms with van der Waals surface area (Å²) in [6, 6.07) is 11.2. The maximum absolute atomic E-state index is 12.8. The van der Waals surface area contributed by atoms with Gasteiger partial charge in [-0.25, -0.2) is 21.6 Å². The first kappa shape index (κ1) is 20.0. The molecule has 0 saturated heterocycles. The van der Waals surface area contributed by atoms with Crippen LogP contribution in [0.4, 0.5) is 0 Å². The Kier molecular flexibility index (Phi) is 5.74. The molecule has 0 bridgehead atoms. The van der Waals surface area contributed by atoms with E-state index >= 15 is 0 Å². The topological polar surface area (TPSA) is 80.3 Å². The number of benzene rings is 2. The highest BCUT2D eigenvalue weighted by atomic mass is 32.2. The number of nitrogens with one attached hydrogen (secondary N) is 1. The van der Waals surface area contributed by atoms with Crippen molar-refractivity contribution in [2.24, 2.45) is 0 Å². The molecule has 2 aromatic rings. The van der Waals surface area contributed by atoms with Crippen molar-refractivity contribution >= 4 is 19.9 Å².